The lowest BCUT2D eigenvalue weighted by Gasteiger charge is -2.33. The van der Waals surface area contributed by atoms with Crippen LogP contribution in [-0.4, -0.2) is 41.9 Å². The molecule has 0 saturated heterocycles. The second-order valence-electron chi connectivity index (χ2n) is 8.44. The number of fused-ring (bicyclic) bond motifs is 2. The van der Waals surface area contributed by atoms with Gasteiger partial charge in [0.1, 0.15) is 17.3 Å². The van der Waals surface area contributed by atoms with Gasteiger partial charge in [0, 0.05) is 18.6 Å². The van der Waals surface area contributed by atoms with Gasteiger partial charge < -0.3 is 29.6 Å². The van der Waals surface area contributed by atoms with Crippen molar-refractivity contribution in [3.63, 3.8) is 0 Å². The first-order chi connectivity index (χ1) is 17.8. The SMILES string of the molecule is CCOc1ccc(OCC)c(NC(=O)c2cc3n(n2)[C@@H](C(F)(F)F)C[C@@H](c2ccc4c(c2)OCO4)N3)c1. The maximum absolute atomic E-state index is 14.1. The van der Waals surface area contributed by atoms with Gasteiger partial charge in [0.15, 0.2) is 23.2 Å². The van der Waals surface area contributed by atoms with Crippen molar-refractivity contribution < 1.29 is 36.9 Å². The van der Waals surface area contributed by atoms with Crippen LogP contribution in [0.1, 0.15) is 48.4 Å². The molecular weight excluding hydrogens is 493 g/mol. The zero-order valence-electron chi connectivity index (χ0n) is 20.1. The van der Waals surface area contributed by atoms with Crippen molar-refractivity contribution in [2.24, 2.45) is 0 Å². The van der Waals surface area contributed by atoms with Crippen LogP contribution in [0.15, 0.2) is 42.5 Å². The Kier molecular flexibility index (Phi) is 6.48. The topological polar surface area (TPSA) is 95.9 Å². The molecule has 0 unspecified atom stereocenters. The van der Waals surface area contributed by atoms with Crippen molar-refractivity contribution in [3.8, 4) is 23.0 Å². The third kappa shape index (κ3) is 4.95. The lowest BCUT2D eigenvalue weighted by Crippen LogP contribution is -2.35. The van der Waals surface area contributed by atoms with E-state index in [1.165, 1.54) is 6.07 Å². The van der Waals surface area contributed by atoms with E-state index in [1.54, 1.807) is 43.3 Å². The molecule has 0 saturated carbocycles. The van der Waals surface area contributed by atoms with Crippen molar-refractivity contribution in [1.29, 1.82) is 0 Å². The predicted molar refractivity (Wildman–Crippen MR) is 128 cm³/mol. The molecule has 9 nitrogen and oxygen atoms in total. The molecule has 2 N–H and O–H groups in total. The summed E-state index contributed by atoms with van der Waals surface area (Å²) in [5.74, 6) is 1.32. The molecule has 0 radical (unpaired) electrons. The Morgan fingerprint density at radius 2 is 1.89 bits per heavy atom. The predicted octanol–water partition coefficient (Wildman–Crippen LogP) is 5.32. The van der Waals surface area contributed by atoms with Crippen LogP contribution in [0.25, 0.3) is 0 Å². The van der Waals surface area contributed by atoms with E-state index in [2.05, 4.69) is 15.7 Å². The number of carbonyl (C=O) groups excluding carboxylic acids is 1. The minimum absolute atomic E-state index is 0.0613. The molecule has 2 aliphatic rings. The maximum atomic E-state index is 14.1. The van der Waals surface area contributed by atoms with Crippen LogP contribution in [0.3, 0.4) is 0 Å². The van der Waals surface area contributed by atoms with E-state index in [9.17, 15) is 18.0 Å². The molecule has 0 bridgehead atoms. The van der Waals surface area contributed by atoms with Gasteiger partial charge in [-0.25, -0.2) is 4.68 Å². The summed E-state index contributed by atoms with van der Waals surface area (Å²) in [6.07, 6.45) is -4.90. The summed E-state index contributed by atoms with van der Waals surface area (Å²) in [4.78, 5) is 13.1. The highest BCUT2D eigenvalue weighted by atomic mass is 19.4. The Morgan fingerprint density at radius 3 is 2.65 bits per heavy atom. The largest absolute Gasteiger partial charge is 0.494 e. The third-order valence-corrected chi connectivity index (χ3v) is 6.03. The van der Waals surface area contributed by atoms with Gasteiger partial charge in [0.2, 0.25) is 6.79 Å². The van der Waals surface area contributed by atoms with E-state index >= 15 is 0 Å². The summed E-state index contributed by atoms with van der Waals surface area (Å²) in [7, 11) is 0. The molecule has 2 aromatic carbocycles. The zero-order chi connectivity index (χ0) is 26.2. The van der Waals surface area contributed by atoms with Crippen LogP contribution in [0.4, 0.5) is 24.7 Å². The monoisotopic (exact) mass is 518 g/mol. The first-order valence-corrected chi connectivity index (χ1v) is 11.8. The number of nitrogens with zero attached hydrogens (tertiary/aromatic N) is 2. The molecule has 0 aliphatic carbocycles. The fourth-order valence-corrected chi connectivity index (χ4v) is 4.36. The Hall–Kier alpha value is -4.09. The standard InChI is InChI=1S/C25H25F3N4O5/c1-3-34-15-6-8-19(35-4-2)17(10-15)30-24(33)18-12-23-29-16(11-22(25(26,27)28)32(23)31-18)14-5-7-20-21(9-14)37-13-36-20/h5-10,12,16,22,29H,3-4,11,13H2,1-2H3,(H,30,33)/t16-,22+/m0/s1. The average molecular weight is 518 g/mol. The Balaban J connectivity index is 1.43. The third-order valence-electron chi connectivity index (χ3n) is 6.03. The quantitative estimate of drug-likeness (QED) is 0.437. The number of alkyl halides is 3. The summed E-state index contributed by atoms with van der Waals surface area (Å²) in [5.41, 5.74) is 0.751. The number of hydrogen-bond donors (Lipinski definition) is 2. The van der Waals surface area contributed by atoms with Gasteiger partial charge in [-0.1, -0.05) is 6.07 Å². The van der Waals surface area contributed by atoms with Gasteiger partial charge in [0.05, 0.1) is 24.9 Å². The number of ether oxygens (including phenoxy) is 4. The van der Waals surface area contributed by atoms with Crippen LogP contribution in [-0.2, 0) is 0 Å². The van der Waals surface area contributed by atoms with Crippen molar-refractivity contribution >= 4 is 17.4 Å². The fourth-order valence-electron chi connectivity index (χ4n) is 4.36. The van der Waals surface area contributed by atoms with Crippen LogP contribution in [0, 0.1) is 0 Å². The summed E-state index contributed by atoms with van der Waals surface area (Å²) < 4.78 is 64.8. The van der Waals surface area contributed by atoms with Crippen molar-refractivity contribution in [2.45, 2.75) is 38.5 Å². The molecule has 2 aliphatic heterocycles. The Labute approximate surface area is 210 Å². The summed E-state index contributed by atoms with van der Waals surface area (Å²) >= 11 is 0. The first-order valence-electron chi connectivity index (χ1n) is 11.8. The molecule has 0 spiro atoms. The smallest absolute Gasteiger partial charge is 0.410 e. The van der Waals surface area contributed by atoms with E-state index in [0.29, 0.717) is 47.5 Å². The number of halogens is 3. The zero-order valence-corrected chi connectivity index (χ0v) is 20.1. The first kappa shape index (κ1) is 24.6. The fraction of sp³-hybridized carbons (Fsp3) is 0.360. The van der Waals surface area contributed by atoms with E-state index in [1.807, 2.05) is 6.92 Å². The summed E-state index contributed by atoms with van der Waals surface area (Å²) in [5, 5.41) is 9.79. The number of hydrogen-bond acceptors (Lipinski definition) is 7. The maximum Gasteiger partial charge on any atom is 0.410 e. The number of amides is 1. The van der Waals surface area contributed by atoms with E-state index in [-0.39, 0.29) is 24.7 Å². The molecule has 3 heterocycles. The normalized spacial score (nSPS) is 18.1. The van der Waals surface area contributed by atoms with Gasteiger partial charge in [-0.2, -0.15) is 18.3 Å². The summed E-state index contributed by atoms with van der Waals surface area (Å²) in [6, 6.07) is 8.66. The molecule has 2 atom stereocenters. The van der Waals surface area contributed by atoms with Gasteiger partial charge >= 0.3 is 6.18 Å². The van der Waals surface area contributed by atoms with Gasteiger partial charge in [-0.3, -0.25) is 4.79 Å². The average Bonchev–Trinajstić information content (AvgIpc) is 3.51. The Morgan fingerprint density at radius 1 is 1.11 bits per heavy atom. The van der Waals surface area contributed by atoms with Crippen LogP contribution in [0.5, 0.6) is 23.0 Å². The number of aromatic nitrogens is 2. The molecule has 37 heavy (non-hydrogen) atoms. The summed E-state index contributed by atoms with van der Waals surface area (Å²) in [6.45, 7) is 4.46. The number of anilines is 2. The molecule has 3 aromatic rings. The minimum Gasteiger partial charge on any atom is -0.494 e. The van der Waals surface area contributed by atoms with E-state index < -0.39 is 24.2 Å². The van der Waals surface area contributed by atoms with Crippen molar-refractivity contribution in [1.82, 2.24) is 9.78 Å². The molecule has 1 amide bonds. The lowest BCUT2D eigenvalue weighted by atomic mass is 9.96. The van der Waals surface area contributed by atoms with E-state index in [4.69, 9.17) is 18.9 Å². The molecule has 0 fully saturated rings. The van der Waals surface area contributed by atoms with Gasteiger partial charge in [-0.15, -0.1) is 0 Å². The van der Waals surface area contributed by atoms with Gasteiger partial charge in [-0.05, 0) is 43.7 Å². The molecule has 196 valence electrons. The minimum atomic E-state index is -4.58. The highest BCUT2D eigenvalue weighted by Crippen LogP contribution is 2.45. The molecule has 5 rings (SSSR count). The van der Waals surface area contributed by atoms with Gasteiger partial charge in [0.25, 0.3) is 5.91 Å². The second-order valence-corrected chi connectivity index (χ2v) is 8.44. The van der Waals surface area contributed by atoms with Crippen LogP contribution in [0.2, 0.25) is 0 Å². The molecule has 12 heteroatoms. The second kappa shape index (κ2) is 9.75. The molecule has 1 aromatic heterocycles. The van der Waals surface area contributed by atoms with E-state index in [0.717, 1.165) is 4.68 Å². The number of carbonyl (C=O) groups is 1. The highest BCUT2D eigenvalue weighted by Gasteiger charge is 2.47. The number of benzene rings is 2. The highest BCUT2D eigenvalue weighted by molar-refractivity contribution is 6.04. The van der Waals surface area contributed by atoms with Crippen molar-refractivity contribution in [2.75, 3.05) is 30.6 Å². The number of nitrogens with one attached hydrogen (secondary N) is 2. The van der Waals surface area contributed by atoms with Crippen LogP contribution >= 0.6 is 0 Å². The van der Waals surface area contributed by atoms with Crippen molar-refractivity contribution in [3.05, 3.63) is 53.7 Å². The lowest BCUT2D eigenvalue weighted by molar-refractivity contribution is -0.173. The van der Waals surface area contributed by atoms with Crippen LogP contribution < -0.4 is 29.6 Å². The number of rotatable bonds is 7. The molecular formula is C25H25F3N4O5. The Bertz CT molecular complexity index is 1310.